The summed E-state index contributed by atoms with van der Waals surface area (Å²) in [6.45, 7) is 4.32. The highest BCUT2D eigenvalue weighted by Gasteiger charge is 2.35. The quantitative estimate of drug-likeness (QED) is 0.831. The van der Waals surface area contributed by atoms with Gasteiger partial charge in [0.2, 0.25) is 10.0 Å². The number of nitrogens with one attached hydrogen (secondary N) is 1. The average Bonchev–Trinajstić information content (AvgIpc) is 2.96. The van der Waals surface area contributed by atoms with Crippen LogP contribution < -0.4 is 4.72 Å². The van der Waals surface area contributed by atoms with E-state index in [0.29, 0.717) is 18.5 Å². The molecule has 22 heavy (non-hydrogen) atoms. The lowest BCUT2D eigenvalue weighted by Crippen LogP contribution is -2.40. The fourth-order valence-electron chi connectivity index (χ4n) is 2.51. The minimum Gasteiger partial charge on any atom is -0.337 e. The molecule has 0 bridgehead atoms. The first-order valence-electron chi connectivity index (χ1n) is 7.28. The van der Waals surface area contributed by atoms with Crippen LogP contribution in [0.4, 0.5) is 0 Å². The van der Waals surface area contributed by atoms with Gasteiger partial charge in [-0.05, 0) is 50.8 Å². The molecular weight excluding hydrogens is 320 g/mol. The number of rotatable bonds is 5. The molecule has 1 aromatic carbocycles. The molecule has 7 heteroatoms. The summed E-state index contributed by atoms with van der Waals surface area (Å²) in [7, 11) is -3.37. The number of hydrogen-bond donors (Lipinski definition) is 1. The Kier molecular flexibility index (Phi) is 5.52. The summed E-state index contributed by atoms with van der Waals surface area (Å²) in [5, 5.41) is -0.524. The Morgan fingerprint density at radius 3 is 2.50 bits per heavy atom. The molecule has 2 rings (SSSR count). The first-order valence-corrected chi connectivity index (χ1v) is 10.0. The normalized spacial score (nSPS) is 18.9. The predicted octanol–water partition coefficient (Wildman–Crippen LogP) is 1.95. The zero-order valence-corrected chi connectivity index (χ0v) is 14.7. The van der Waals surface area contributed by atoms with Crippen LogP contribution >= 0.6 is 11.8 Å². The van der Waals surface area contributed by atoms with Gasteiger partial charge in [-0.2, -0.15) is 0 Å². The van der Waals surface area contributed by atoms with Gasteiger partial charge in [0.1, 0.15) is 0 Å². The van der Waals surface area contributed by atoms with Crippen LogP contribution in [0.3, 0.4) is 0 Å². The van der Waals surface area contributed by atoms with Crippen molar-refractivity contribution in [3.8, 4) is 0 Å². The first-order chi connectivity index (χ1) is 10.3. The third-order valence-corrected chi connectivity index (χ3v) is 6.41. The third-order valence-electron chi connectivity index (χ3n) is 3.61. The molecular formula is C15H22N2O3S2. The summed E-state index contributed by atoms with van der Waals surface area (Å²) in [4.78, 5) is 15.2. The minimum absolute atomic E-state index is 0.102. The predicted molar refractivity (Wildman–Crippen MR) is 89.7 cm³/mol. The smallest absolute Gasteiger partial charge is 0.253 e. The van der Waals surface area contributed by atoms with Gasteiger partial charge in [-0.1, -0.05) is 0 Å². The number of thioether (sulfide) groups is 1. The van der Waals surface area contributed by atoms with E-state index in [9.17, 15) is 13.2 Å². The second-order valence-electron chi connectivity index (χ2n) is 5.71. The van der Waals surface area contributed by atoms with Gasteiger partial charge in [-0.3, -0.25) is 4.79 Å². The van der Waals surface area contributed by atoms with Crippen LogP contribution in [-0.4, -0.2) is 49.9 Å². The van der Waals surface area contributed by atoms with E-state index in [1.807, 2.05) is 18.4 Å². The largest absolute Gasteiger partial charge is 0.337 e. The van der Waals surface area contributed by atoms with Crippen molar-refractivity contribution in [3.63, 3.8) is 0 Å². The third kappa shape index (κ3) is 4.02. The zero-order valence-electron chi connectivity index (χ0n) is 13.1. The maximum atomic E-state index is 12.4. The van der Waals surface area contributed by atoms with E-state index in [1.54, 1.807) is 42.6 Å². The summed E-state index contributed by atoms with van der Waals surface area (Å²) >= 11 is 1.62. The topological polar surface area (TPSA) is 66.5 Å². The van der Waals surface area contributed by atoms with Gasteiger partial charge in [-0.15, -0.1) is 11.8 Å². The highest BCUT2D eigenvalue weighted by molar-refractivity contribution is 7.98. The fourth-order valence-corrected chi connectivity index (χ4v) is 4.56. The standard InChI is InChI=1S/C15H22N2O3S2/c1-11(2)16-22(19,20)14-8-9-17(10-14)15(18)12-4-6-13(21-3)7-5-12/h4-7,11,14,16H,8-10H2,1-3H3. The number of nitrogens with zero attached hydrogens (tertiary/aromatic N) is 1. The summed E-state index contributed by atoms with van der Waals surface area (Å²) in [6, 6.07) is 7.27. The van der Waals surface area contributed by atoms with E-state index < -0.39 is 15.3 Å². The minimum atomic E-state index is -3.37. The molecule has 0 spiro atoms. The SMILES string of the molecule is CSc1ccc(C(=O)N2CCC(S(=O)(=O)NC(C)C)C2)cc1. The first kappa shape index (κ1) is 17.3. The van der Waals surface area contributed by atoms with E-state index in [0.717, 1.165) is 4.90 Å². The molecule has 1 saturated heterocycles. The molecule has 5 nitrogen and oxygen atoms in total. The van der Waals surface area contributed by atoms with Gasteiger partial charge in [-0.25, -0.2) is 13.1 Å². The molecule has 0 radical (unpaired) electrons. The number of amides is 1. The van der Waals surface area contributed by atoms with E-state index >= 15 is 0 Å². The van der Waals surface area contributed by atoms with Crippen molar-refractivity contribution in [2.45, 2.75) is 36.5 Å². The molecule has 1 aliphatic heterocycles. The van der Waals surface area contributed by atoms with Crippen molar-refractivity contribution >= 4 is 27.7 Å². The van der Waals surface area contributed by atoms with Crippen LogP contribution in [0.5, 0.6) is 0 Å². The van der Waals surface area contributed by atoms with Crippen molar-refractivity contribution in [3.05, 3.63) is 29.8 Å². The molecule has 1 unspecified atom stereocenters. The van der Waals surface area contributed by atoms with E-state index in [4.69, 9.17) is 0 Å². The van der Waals surface area contributed by atoms with E-state index in [1.165, 1.54) is 0 Å². The van der Waals surface area contributed by atoms with Gasteiger partial charge in [0.05, 0.1) is 5.25 Å². The van der Waals surface area contributed by atoms with Gasteiger partial charge in [0.15, 0.2) is 0 Å². The Morgan fingerprint density at radius 1 is 1.32 bits per heavy atom. The van der Waals surface area contributed by atoms with Gasteiger partial charge >= 0.3 is 0 Å². The van der Waals surface area contributed by atoms with Gasteiger partial charge in [0.25, 0.3) is 5.91 Å². The van der Waals surface area contributed by atoms with Crippen molar-refractivity contribution in [1.82, 2.24) is 9.62 Å². The number of benzene rings is 1. The monoisotopic (exact) mass is 342 g/mol. The summed E-state index contributed by atoms with van der Waals surface area (Å²) in [5.41, 5.74) is 0.604. The molecule has 0 saturated carbocycles. The van der Waals surface area contributed by atoms with E-state index in [-0.39, 0.29) is 18.5 Å². The Labute approximate surface area is 136 Å². The number of likely N-dealkylation sites (tertiary alicyclic amines) is 1. The van der Waals surface area contributed by atoms with E-state index in [2.05, 4.69) is 4.72 Å². The second-order valence-corrected chi connectivity index (χ2v) is 8.58. The number of sulfonamides is 1. The maximum Gasteiger partial charge on any atom is 0.253 e. The second kappa shape index (κ2) is 7.02. The van der Waals surface area contributed by atoms with Crippen LogP contribution in [0.15, 0.2) is 29.2 Å². The molecule has 0 aromatic heterocycles. The van der Waals surface area contributed by atoms with Crippen LogP contribution in [0.25, 0.3) is 0 Å². The lowest BCUT2D eigenvalue weighted by Gasteiger charge is -2.18. The fraction of sp³-hybridized carbons (Fsp3) is 0.533. The molecule has 1 fully saturated rings. The molecule has 0 aliphatic carbocycles. The Morgan fingerprint density at radius 2 is 1.95 bits per heavy atom. The Hall–Kier alpha value is -1.05. The van der Waals surface area contributed by atoms with Gasteiger partial charge in [0, 0.05) is 29.6 Å². The molecule has 1 aromatic rings. The molecule has 1 heterocycles. The Bertz CT molecular complexity index is 627. The molecule has 1 aliphatic rings. The number of carbonyl (C=O) groups excluding carboxylic acids is 1. The summed E-state index contributed by atoms with van der Waals surface area (Å²) < 4.78 is 27.0. The lowest BCUT2D eigenvalue weighted by atomic mass is 10.2. The van der Waals surface area contributed by atoms with Crippen LogP contribution in [-0.2, 0) is 10.0 Å². The molecule has 1 atom stereocenters. The highest BCUT2D eigenvalue weighted by Crippen LogP contribution is 2.20. The van der Waals surface area contributed by atoms with Crippen LogP contribution in [0, 0.1) is 0 Å². The van der Waals surface area contributed by atoms with Gasteiger partial charge < -0.3 is 4.90 Å². The van der Waals surface area contributed by atoms with Crippen molar-refractivity contribution in [1.29, 1.82) is 0 Å². The zero-order chi connectivity index (χ0) is 16.3. The molecule has 1 amide bonds. The van der Waals surface area contributed by atoms with Crippen LogP contribution in [0.1, 0.15) is 30.6 Å². The summed E-state index contributed by atoms with van der Waals surface area (Å²) in [5.74, 6) is -0.102. The summed E-state index contributed by atoms with van der Waals surface area (Å²) in [6.07, 6.45) is 2.46. The molecule has 1 N–H and O–H groups in total. The number of carbonyl (C=O) groups is 1. The van der Waals surface area contributed by atoms with Crippen molar-refractivity contribution in [2.75, 3.05) is 19.3 Å². The van der Waals surface area contributed by atoms with Crippen molar-refractivity contribution < 1.29 is 13.2 Å². The number of hydrogen-bond acceptors (Lipinski definition) is 4. The van der Waals surface area contributed by atoms with Crippen molar-refractivity contribution in [2.24, 2.45) is 0 Å². The average molecular weight is 342 g/mol. The highest BCUT2D eigenvalue weighted by atomic mass is 32.2. The van der Waals surface area contributed by atoms with Crippen LogP contribution in [0.2, 0.25) is 0 Å². The maximum absolute atomic E-state index is 12.4. The lowest BCUT2D eigenvalue weighted by molar-refractivity contribution is 0.0793. The Balaban J connectivity index is 2.04. The molecule has 122 valence electrons.